The molecule has 3 aromatic rings. The summed E-state index contributed by atoms with van der Waals surface area (Å²) in [7, 11) is 0. The van der Waals surface area contributed by atoms with Crippen molar-refractivity contribution < 1.29 is 69.3 Å². The maximum atomic E-state index is 12.8. The van der Waals surface area contributed by atoms with Crippen molar-refractivity contribution in [2.75, 3.05) is 13.2 Å². The molecule has 2 aliphatic heterocycles. The van der Waals surface area contributed by atoms with E-state index < -0.39 is 96.8 Å². The fraction of sp³-hybridized carbons (Fsp3) is 0.423. The molecule has 0 bridgehead atoms. The highest BCUT2D eigenvalue weighted by Crippen LogP contribution is 2.42. The smallest absolute Gasteiger partial charge is 0.229 e. The van der Waals surface area contributed by atoms with E-state index >= 15 is 0 Å². The van der Waals surface area contributed by atoms with E-state index in [1.807, 2.05) is 0 Å². The largest absolute Gasteiger partial charge is 0.508 e. The van der Waals surface area contributed by atoms with Gasteiger partial charge >= 0.3 is 0 Å². The Morgan fingerprint density at radius 1 is 0.878 bits per heavy atom. The third-order valence-corrected chi connectivity index (χ3v) is 6.89. The van der Waals surface area contributed by atoms with E-state index in [0.29, 0.717) is 5.56 Å². The molecule has 9 N–H and O–H groups in total. The number of ether oxygens (including phenoxy) is 4. The molecule has 0 spiro atoms. The predicted molar refractivity (Wildman–Crippen MR) is 134 cm³/mol. The van der Waals surface area contributed by atoms with Gasteiger partial charge in [0, 0.05) is 17.7 Å². The Bertz CT molecular complexity index is 1440. The predicted octanol–water partition coefficient (Wildman–Crippen LogP) is -1.78. The Morgan fingerprint density at radius 3 is 2.27 bits per heavy atom. The van der Waals surface area contributed by atoms with Crippen LogP contribution in [-0.4, -0.2) is 114 Å². The van der Waals surface area contributed by atoms with E-state index in [1.165, 1.54) is 24.3 Å². The zero-order valence-corrected chi connectivity index (χ0v) is 21.0. The SMILES string of the molecule is O=c1cc(-c2ccc(O)cc2)oc2c(O)c(OC3OCC(O)C(O)C3OC3OC(CO)C(O)C(O)C3O)cc(O)c12. The van der Waals surface area contributed by atoms with Gasteiger partial charge in [0.25, 0.3) is 0 Å². The van der Waals surface area contributed by atoms with E-state index in [-0.39, 0.29) is 16.9 Å². The van der Waals surface area contributed by atoms with Gasteiger partial charge in [-0.2, -0.15) is 0 Å². The number of benzene rings is 2. The summed E-state index contributed by atoms with van der Waals surface area (Å²) in [5.74, 6) is -1.91. The lowest BCUT2D eigenvalue weighted by Gasteiger charge is -2.44. The van der Waals surface area contributed by atoms with Crippen molar-refractivity contribution in [2.24, 2.45) is 0 Å². The van der Waals surface area contributed by atoms with Crippen molar-refractivity contribution in [1.29, 1.82) is 0 Å². The first-order valence-corrected chi connectivity index (χ1v) is 12.4. The highest BCUT2D eigenvalue weighted by Gasteiger charge is 2.49. The van der Waals surface area contributed by atoms with Crippen LogP contribution in [0, 0.1) is 0 Å². The van der Waals surface area contributed by atoms with Crippen LogP contribution in [0.1, 0.15) is 0 Å². The average molecular weight is 580 g/mol. The highest BCUT2D eigenvalue weighted by molar-refractivity contribution is 5.91. The normalized spacial score (nSPS) is 32.2. The molecular formula is C26H28O15. The Morgan fingerprint density at radius 2 is 1.59 bits per heavy atom. The number of hydrogen-bond acceptors (Lipinski definition) is 15. The van der Waals surface area contributed by atoms with Crippen molar-refractivity contribution in [3.63, 3.8) is 0 Å². The van der Waals surface area contributed by atoms with Crippen LogP contribution in [0.15, 0.2) is 45.6 Å². The second-order valence-corrected chi connectivity index (χ2v) is 9.64. The minimum absolute atomic E-state index is 0.00867. The van der Waals surface area contributed by atoms with Crippen LogP contribution < -0.4 is 10.2 Å². The Hall–Kier alpha value is -3.51. The van der Waals surface area contributed by atoms with Gasteiger partial charge in [0.15, 0.2) is 29.2 Å². The number of aliphatic hydroxyl groups excluding tert-OH is 6. The lowest BCUT2D eigenvalue weighted by Crippen LogP contribution is -2.63. The molecule has 1 aromatic heterocycles. The summed E-state index contributed by atoms with van der Waals surface area (Å²) in [5, 5.41) is 91.3. The molecule has 0 saturated carbocycles. The van der Waals surface area contributed by atoms with E-state index in [1.54, 1.807) is 0 Å². The molecule has 2 aromatic carbocycles. The summed E-state index contributed by atoms with van der Waals surface area (Å²) in [6, 6.07) is 7.60. The van der Waals surface area contributed by atoms with Gasteiger partial charge in [0.1, 0.15) is 59.3 Å². The molecule has 15 nitrogen and oxygen atoms in total. The highest BCUT2D eigenvalue weighted by atomic mass is 16.8. The van der Waals surface area contributed by atoms with Crippen LogP contribution in [0.3, 0.4) is 0 Å². The molecule has 9 atom stereocenters. The van der Waals surface area contributed by atoms with E-state index in [2.05, 4.69) is 0 Å². The van der Waals surface area contributed by atoms with Crippen LogP contribution in [0.2, 0.25) is 0 Å². The molecule has 9 unspecified atom stereocenters. The monoisotopic (exact) mass is 580 g/mol. The molecule has 0 radical (unpaired) electrons. The number of fused-ring (bicyclic) bond motifs is 1. The second kappa shape index (κ2) is 11.4. The molecule has 2 fully saturated rings. The van der Waals surface area contributed by atoms with Crippen molar-refractivity contribution in [3.05, 3.63) is 46.6 Å². The van der Waals surface area contributed by atoms with Gasteiger partial charge in [0.05, 0.1) is 13.2 Å². The molecule has 5 rings (SSSR count). The second-order valence-electron chi connectivity index (χ2n) is 9.64. The summed E-state index contributed by atoms with van der Waals surface area (Å²) in [4.78, 5) is 12.8. The summed E-state index contributed by atoms with van der Waals surface area (Å²) < 4.78 is 27.7. The number of hydrogen-bond donors (Lipinski definition) is 9. The molecule has 2 aliphatic rings. The van der Waals surface area contributed by atoms with Gasteiger partial charge in [-0.15, -0.1) is 0 Å². The molecule has 2 saturated heterocycles. The summed E-state index contributed by atoms with van der Waals surface area (Å²) in [6.07, 6.45) is -15.0. The minimum Gasteiger partial charge on any atom is -0.508 e. The quantitative estimate of drug-likeness (QED) is 0.146. The lowest BCUT2D eigenvalue weighted by molar-refractivity contribution is -0.348. The summed E-state index contributed by atoms with van der Waals surface area (Å²) >= 11 is 0. The first-order chi connectivity index (χ1) is 19.5. The van der Waals surface area contributed by atoms with Gasteiger partial charge in [0.2, 0.25) is 12.0 Å². The topological polar surface area (TPSA) is 249 Å². The van der Waals surface area contributed by atoms with Crippen LogP contribution in [0.4, 0.5) is 0 Å². The first kappa shape index (κ1) is 29.0. The standard InChI is InChI=1S/C26H28O15/c27-7-16-19(33)21(35)22(36)25(40-16)41-24-18(32)13(31)8-37-26(24)39-15-6-12(30)17-11(29)5-14(38-23(17)20(15)34)9-1-3-10(28)4-2-9/h1-6,13,16,18-19,21-22,24-28,30-36H,7-8H2. The molecule has 3 heterocycles. The number of aromatic hydroxyl groups is 3. The number of phenolic OH excluding ortho intramolecular Hbond substituents is 3. The third kappa shape index (κ3) is 5.42. The molecule has 222 valence electrons. The molecule has 15 heteroatoms. The number of aliphatic hydroxyl groups is 6. The number of phenols is 3. The van der Waals surface area contributed by atoms with Crippen molar-refractivity contribution >= 4 is 11.0 Å². The Balaban J connectivity index is 1.48. The first-order valence-electron chi connectivity index (χ1n) is 12.4. The van der Waals surface area contributed by atoms with E-state index in [0.717, 1.165) is 12.1 Å². The van der Waals surface area contributed by atoms with Gasteiger partial charge < -0.3 is 69.3 Å². The summed E-state index contributed by atoms with van der Waals surface area (Å²) in [5.41, 5.74) is -0.795. The van der Waals surface area contributed by atoms with Gasteiger partial charge in [-0.05, 0) is 24.3 Å². The third-order valence-electron chi connectivity index (χ3n) is 6.89. The molecule has 0 aliphatic carbocycles. The van der Waals surface area contributed by atoms with Crippen LogP contribution in [0.5, 0.6) is 23.0 Å². The zero-order chi connectivity index (χ0) is 29.6. The average Bonchev–Trinajstić information content (AvgIpc) is 2.95. The Kier molecular flexibility index (Phi) is 8.06. The maximum absolute atomic E-state index is 12.8. The molecule has 41 heavy (non-hydrogen) atoms. The molecular weight excluding hydrogens is 552 g/mol. The van der Waals surface area contributed by atoms with E-state index in [4.69, 9.17) is 23.4 Å². The van der Waals surface area contributed by atoms with Crippen LogP contribution in [0.25, 0.3) is 22.3 Å². The zero-order valence-electron chi connectivity index (χ0n) is 21.0. The van der Waals surface area contributed by atoms with Crippen LogP contribution in [-0.2, 0) is 14.2 Å². The van der Waals surface area contributed by atoms with Gasteiger partial charge in [-0.25, -0.2) is 0 Å². The fourth-order valence-corrected chi connectivity index (χ4v) is 4.61. The Labute approximate surface area is 230 Å². The van der Waals surface area contributed by atoms with Crippen molar-refractivity contribution in [1.82, 2.24) is 0 Å². The maximum Gasteiger partial charge on any atom is 0.229 e. The summed E-state index contributed by atoms with van der Waals surface area (Å²) in [6.45, 7) is -1.22. The van der Waals surface area contributed by atoms with Crippen molar-refractivity contribution in [2.45, 2.75) is 55.3 Å². The number of rotatable bonds is 6. The fourth-order valence-electron chi connectivity index (χ4n) is 4.61. The minimum atomic E-state index is -1.86. The lowest BCUT2D eigenvalue weighted by atomic mass is 9.99. The van der Waals surface area contributed by atoms with Crippen molar-refractivity contribution in [3.8, 4) is 34.3 Å². The molecule has 0 amide bonds. The van der Waals surface area contributed by atoms with Crippen LogP contribution >= 0.6 is 0 Å². The van der Waals surface area contributed by atoms with Gasteiger partial charge in [-0.3, -0.25) is 4.79 Å². The van der Waals surface area contributed by atoms with Gasteiger partial charge in [-0.1, -0.05) is 0 Å². The van der Waals surface area contributed by atoms with E-state index in [9.17, 15) is 50.8 Å².